The van der Waals surface area contributed by atoms with Crippen LogP contribution in [0.3, 0.4) is 0 Å². The first kappa shape index (κ1) is 23.5. The molecule has 0 unspecified atom stereocenters. The average Bonchev–Trinajstić information content (AvgIpc) is 2.73. The average molecular weight is 411 g/mol. The molecule has 0 saturated carbocycles. The minimum absolute atomic E-state index is 0.0374. The van der Waals surface area contributed by atoms with Crippen molar-refractivity contribution in [3.63, 3.8) is 0 Å². The normalized spacial score (nSPS) is 14.3. The summed E-state index contributed by atoms with van der Waals surface area (Å²) in [6.45, 7) is 9.63. The number of carbonyl (C=O) groups is 2. The SMILES string of the molecule is Cc1ccc(C(=O)NCC2CCN(C(=O)OC(C)(C)C)CC2)cc1.c1ccccc1. The number of hydrogen-bond acceptors (Lipinski definition) is 3. The molecule has 2 aromatic carbocycles. The number of nitrogens with zero attached hydrogens (tertiary/aromatic N) is 1. The largest absolute Gasteiger partial charge is 0.444 e. The maximum absolute atomic E-state index is 12.1. The number of benzene rings is 2. The van der Waals surface area contributed by atoms with Gasteiger partial charge in [0.05, 0.1) is 0 Å². The Bertz CT molecular complexity index is 748. The number of amides is 2. The van der Waals surface area contributed by atoms with E-state index in [9.17, 15) is 9.59 Å². The second-order valence-corrected chi connectivity index (χ2v) is 8.64. The molecule has 2 aromatic rings. The lowest BCUT2D eigenvalue weighted by Gasteiger charge is -2.33. The maximum Gasteiger partial charge on any atom is 0.410 e. The lowest BCUT2D eigenvalue weighted by Crippen LogP contribution is -2.43. The van der Waals surface area contributed by atoms with Crippen LogP contribution in [0, 0.1) is 12.8 Å². The minimum atomic E-state index is -0.462. The predicted octanol–water partition coefficient (Wildman–Crippen LogP) is 5.06. The van der Waals surface area contributed by atoms with Crippen molar-refractivity contribution in [2.24, 2.45) is 5.92 Å². The molecule has 1 saturated heterocycles. The van der Waals surface area contributed by atoms with E-state index in [0.717, 1.165) is 18.4 Å². The molecule has 5 heteroatoms. The molecule has 0 bridgehead atoms. The molecule has 162 valence electrons. The summed E-state index contributed by atoms with van der Waals surface area (Å²) in [6, 6.07) is 19.6. The number of ether oxygens (including phenoxy) is 1. The van der Waals surface area contributed by atoms with Crippen molar-refractivity contribution in [2.45, 2.75) is 46.1 Å². The molecule has 0 aliphatic carbocycles. The van der Waals surface area contributed by atoms with Crippen LogP contribution in [0.5, 0.6) is 0 Å². The Kier molecular flexibility index (Phi) is 8.90. The Morgan fingerprint density at radius 2 is 1.47 bits per heavy atom. The van der Waals surface area contributed by atoms with Crippen molar-refractivity contribution in [2.75, 3.05) is 19.6 Å². The van der Waals surface area contributed by atoms with Gasteiger partial charge in [0.2, 0.25) is 0 Å². The van der Waals surface area contributed by atoms with Gasteiger partial charge >= 0.3 is 6.09 Å². The summed E-state index contributed by atoms with van der Waals surface area (Å²) in [6.07, 6.45) is 1.52. The lowest BCUT2D eigenvalue weighted by molar-refractivity contribution is 0.0183. The highest BCUT2D eigenvalue weighted by atomic mass is 16.6. The van der Waals surface area contributed by atoms with Gasteiger partial charge in [0.15, 0.2) is 0 Å². The predicted molar refractivity (Wildman–Crippen MR) is 120 cm³/mol. The Hall–Kier alpha value is -2.82. The number of aryl methyl sites for hydroxylation is 1. The zero-order chi connectivity index (χ0) is 22.0. The molecular formula is C25H34N2O3. The van der Waals surface area contributed by atoms with Crippen molar-refractivity contribution >= 4 is 12.0 Å². The number of likely N-dealkylation sites (tertiary alicyclic amines) is 1. The highest BCUT2D eigenvalue weighted by Crippen LogP contribution is 2.19. The molecule has 1 N–H and O–H groups in total. The third-order valence-electron chi connectivity index (χ3n) is 4.80. The molecule has 0 atom stereocenters. The zero-order valence-electron chi connectivity index (χ0n) is 18.6. The van der Waals surface area contributed by atoms with Gasteiger partial charge in [-0.15, -0.1) is 0 Å². The van der Waals surface area contributed by atoms with Crippen molar-refractivity contribution in [1.29, 1.82) is 0 Å². The third kappa shape index (κ3) is 8.68. The molecule has 0 radical (unpaired) electrons. The van der Waals surface area contributed by atoms with E-state index in [4.69, 9.17) is 4.74 Å². The molecule has 1 aliphatic rings. The number of nitrogens with one attached hydrogen (secondary N) is 1. The van der Waals surface area contributed by atoms with Gasteiger partial charge in [0, 0.05) is 25.2 Å². The van der Waals surface area contributed by atoms with Crippen LogP contribution >= 0.6 is 0 Å². The van der Waals surface area contributed by atoms with E-state index >= 15 is 0 Å². The quantitative estimate of drug-likeness (QED) is 0.769. The molecular weight excluding hydrogens is 376 g/mol. The maximum atomic E-state index is 12.1. The molecule has 1 aliphatic heterocycles. The second-order valence-electron chi connectivity index (χ2n) is 8.64. The van der Waals surface area contributed by atoms with Crippen molar-refractivity contribution in [3.8, 4) is 0 Å². The third-order valence-corrected chi connectivity index (χ3v) is 4.80. The zero-order valence-corrected chi connectivity index (χ0v) is 18.6. The van der Waals surface area contributed by atoms with Crippen LogP contribution in [0.2, 0.25) is 0 Å². The van der Waals surface area contributed by atoms with Gasteiger partial charge in [-0.25, -0.2) is 4.79 Å². The van der Waals surface area contributed by atoms with Crippen LogP contribution in [0.4, 0.5) is 4.79 Å². The fourth-order valence-corrected chi connectivity index (χ4v) is 3.08. The number of rotatable bonds is 3. The molecule has 5 nitrogen and oxygen atoms in total. The van der Waals surface area contributed by atoms with Crippen molar-refractivity contribution in [1.82, 2.24) is 10.2 Å². The highest BCUT2D eigenvalue weighted by Gasteiger charge is 2.26. The number of hydrogen-bond donors (Lipinski definition) is 1. The first-order valence-corrected chi connectivity index (χ1v) is 10.6. The van der Waals surface area contributed by atoms with Gasteiger partial charge in [0.25, 0.3) is 5.91 Å². The minimum Gasteiger partial charge on any atom is -0.444 e. The van der Waals surface area contributed by atoms with E-state index in [1.807, 2.05) is 88.4 Å². The summed E-state index contributed by atoms with van der Waals surface area (Å²) in [7, 11) is 0. The van der Waals surface area contributed by atoms with Crippen LogP contribution in [0.1, 0.15) is 49.5 Å². The first-order valence-electron chi connectivity index (χ1n) is 10.6. The van der Waals surface area contributed by atoms with Gasteiger partial charge in [-0.05, 0) is 58.6 Å². The van der Waals surface area contributed by atoms with Crippen molar-refractivity contribution < 1.29 is 14.3 Å². The summed E-state index contributed by atoms with van der Waals surface area (Å²) < 4.78 is 5.40. The molecule has 0 aromatic heterocycles. The fourth-order valence-electron chi connectivity index (χ4n) is 3.08. The van der Waals surface area contributed by atoms with Crippen LogP contribution < -0.4 is 5.32 Å². The molecule has 2 amide bonds. The van der Waals surface area contributed by atoms with E-state index in [1.165, 1.54) is 0 Å². The molecule has 1 heterocycles. The summed E-state index contributed by atoms with van der Waals surface area (Å²) >= 11 is 0. The summed E-state index contributed by atoms with van der Waals surface area (Å²) in [5.74, 6) is 0.364. The Morgan fingerprint density at radius 1 is 0.967 bits per heavy atom. The number of carbonyl (C=O) groups excluding carboxylic acids is 2. The van der Waals surface area contributed by atoms with Crippen LogP contribution in [0.15, 0.2) is 60.7 Å². The Labute approximate surface area is 180 Å². The van der Waals surface area contributed by atoms with Gasteiger partial charge < -0.3 is 15.0 Å². The van der Waals surface area contributed by atoms with E-state index in [0.29, 0.717) is 31.1 Å². The topological polar surface area (TPSA) is 58.6 Å². The van der Waals surface area contributed by atoms with Gasteiger partial charge in [-0.3, -0.25) is 4.79 Å². The van der Waals surface area contributed by atoms with Crippen molar-refractivity contribution in [3.05, 3.63) is 71.8 Å². The molecule has 0 spiro atoms. The number of piperidine rings is 1. The van der Waals surface area contributed by atoms with E-state index in [2.05, 4.69) is 5.32 Å². The van der Waals surface area contributed by atoms with E-state index < -0.39 is 5.60 Å². The van der Waals surface area contributed by atoms with Crippen LogP contribution in [0.25, 0.3) is 0 Å². The summed E-state index contributed by atoms with van der Waals surface area (Å²) in [5, 5.41) is 3.00. The second kappa shape index (κ2) is 11.4. The van der Waals surface area contributed by atoms with Gasteiger partial charge in [-0.1, -0.05) is 54.1 Å². The monoisotopic (exact) mass is 410 g/mol. The van der Waals surface area contributed by atoms with E-state index in [1.54, 1.807) is 4.90 Å². The Balaban J connectivity index is 0.000000456. The molecule has 1 fully saturated rings. The van der Waals surface area contributed by atoms with Gasteiger partial charge in [-0.2, -0.15) is 0 Å². The standard InChI is InChI=1S/C19H28N2O3.C6H6/c1-14-5-7-16(8-6-14)17(22)20-13-15-9-11-21(12-10-15)18(23)24-19(2,3)4;1-2-4-6-5-3-1/h5-8,15H,9-13H2,1-4H3,(H,20,22);1-6H. The van der Waals surface area contributed by atoms with Gasteiger partial charge in [0.1, 0.15) is 5.60 Å². The summed E-state index contributed by atoms with van der Waals surface area (Å²) in [4.78, 5) is 25.9. The van der Waals surface area contributed by atoms with Crippen LogP contribution in [-0.2, 0) is 4.74 Å². The van der Waals surface area contributed by atoms with Crippen LogP contribution in [-0.4, -0.2) is 42.1 Å². The lowest BCUT2D eigenvalue weighted by atomic mass is 9.97. The molecule has 3 rings (SSSR count). The van der Waals surface area contributed by atoms with E-state index in [-0.39, 0.29) is 12.0 Å². The highest BCUT2D eigenvalue weighted by molar-refractivity contribution is 5.94. The summed E-state index contributed by atoms with van der Waals surface area (Å²) in [5.41, 5.74) is 1.36. The smallest absolute Gasteiger partial charge is 0.410 e. The molecule has 30 heavy (non-hydrogen) atoms. The Morgan fingerprint density at radius 3 is 1.93 bits per heavy atom. The first-order chi connectivity index (χ1) is 14.2. The fraction of sp³-hybridized carbons (Fsp3) is 0.440.